The lowest BCUT2D eigenvalue weighted by molar-refractivity contribution is -0.384. The number of nitro benzene ring substituents is 1. The first-order chi connectivity index (χ1) is 11.6. The molecular formula is C16H20N4O3S. The van der Waals surface area contributed by atoms with Crippen LogP contribution in [0, 0.1) is 10.1 Å². The molecular weight excluding hydrogens is 328 g/mol. The molecule has 0 aliphatic carbocycles. The van der Waals surface area contributed by atoms with Crippen LogP contribution in [0.2, 0.25) is 0 Å². The molecule has 0 N–H and O–H groups in total. The molecule has 0 unspecified atom stereocenters. The quantitative estimate of drug-likeness (QED) is 0.262. The molecule has 2 heterocycles. The molecule has 128 valence electrons. The molecule has 1 saturated heterocycles. The van der Waals surface area contributed by atoms with E-state index in [9.17, 15) is 14.9 Å². The number of hydrogen-bond acceptors (Lipinski definition) is 6. The van der Waals surface area contributed by atoms with E-state index in [1.165, 1.54) is 60.5 Å². The summed E-state index contributed by atoms with van der Waals surface area (Å²) in [6, 6.07) is 4.18. The summed E-state index contributed by atoms with van der Waals surface area (Å²) in [7, 11) is 1.69. The maximum atomic E-state index is 12.4. The van der Waals surface area contributed by atoms with E-state index in [-0.39, 0.29) is 11.2 Å². The summed E-state index contributed by atoms with van der Waals surface area (Å²) in [4.78, 5) is 29.7. The van der Waals surface area contributed by atoms with Crippen molar-refractivity contribution >= 4 is 28.4 Å². The van der Waals surface area contributed by atoms with E-state index in [1.807, 2.05) is 0 Å². The predicted octanol–water partition coefficient (Wildman–Crippen LogP) is 2.42. The molecule has 1 aliphatic rings. The average molecular weight is 348 g/mol. The van der Waals surface area contributed by atoms with Gasteiger partial charge in [-0.15, -0.1) is 0 Å². The summed E-state index contributed by atoms with van der Waals surface area (Å²) in [6.45, 7) is 3.43. The van der Waals surface area contributed by atoms with Gasteiger partial charge in [-0.25, -0.2) is 4.98 Å². The smallest absolute Gasteiger partial charge is 0.271 e. The number of nitro groups is 1. The number of aromatic nitrogens is 2. The van der Waals surface area contributed by atoms with Gasteiger partial charge in [0.25, 0.3) is 11.2 Å². The van der Waals surface area contributed by atoms with Gasteiger partial charge >= 0.3 is 0 Å². The summed E-state index contributed by atoms with van der Waals surface area (Å²) in [5.74, 6) is 0.872. The fourth-order valence-electron chi connectivity index (χ4n) is 2.94. The fraction of sp³-hybridized carbons (Fsp3) is 0.500. The molecule has 7 nitrogen and oxygen atoms in total. The van der Waals surface area contributed by atoms with Crippen molar-refractivity contribution in [2.75, 3.05) is 25.4 Å². The molecule has 1 fully saturated rings. The van der Waals surface area contributed by atoms with Crippen molar-refractivity contribution in [2.45, 2.75) is 24.4 Å². The standard InChI is InChI=1S/C16H20N4O3S/c1-18-15(21)13-6-5-12(20(22)23)11-14(13)17-16(18)24-10-4-9-19-7-2-3-8-19/h5-6,11H,2-4,7-10H2,1H3. The molecule has 0 atom stereocenters. The lowest BCUT2D eigenvalue weighted by Gasteiger charge is -2.14. The Kier molecular flexibility index (Phi) is 5.15. The van der Waals surface area contributed by atoms with E-state index in [0.29, 0.717) is 16.1 Å². The maximum absolute atomic E-state index is 12.4. The fourth-order valence-corrected chi connectivity index (χ4v) is 3.83. The zero-order valence-electron chi connectivity index (χ0n) is 13.6. The van der Waals surface area contributed by atoms with Gasteiger partial charge in [0.05, 0.1) is 15.8 Å². The normalized spacial score (nSPS) is 15.2. The highest BCUT2D eigenvalue weighted by Crippen LogP contribution is 2.21. The number of rotatable bonds is 6. The molecule has 24 heavy (non-hydrogen) atoms. The summed E-state index contributed by atoms with van der Waals surface area (Å²) >= 11 is 1.53. The minimum atomic E-state index is -0.471. The van der Waals surface area contributed by atoms with E-state index < -0.39 is 4.92 Å². The van der Waals surface area contributed by atoms with Gasteiger partial charge in [0, 0.05) is 24.9 Å². The highest BCUT2D eigenvalue weighted by atomic mass is 32.2. The van der Waals surface area contributed by atoms with E-state index >= 15 is 0 Å². The maximum Gasteiger partial charge on any atom is 0.271 e. The van der Waals surface area contributed by atoms with Crippen LogP contribution in [-0.2, 0) is 7.05 Å². The topological polar surface area (TPSA) is 81.3 Å². The zero-order chi connectivity index (χ0) is 17.1. The molecule has 0 bridgehead atoms. The highest BCUT2D eigenvalue weighted by Gasteiger charge is 2.14. The predicted molar refractivity (Wildman–Crippen MR) is 94.7 cm³/mol. The average Bonchev–Trinajstić information content (AvgIpc) is 3.08. The van der Waals surface area contributed by atoms with Crippen LogP contribution < -0.4 is 5.56 Å². The largest absolute Gasteiger partial charge is 0.303 e. The molecule has 0 amide bonds. The number of benzene rings is 1. The first-order valence-electron chi connectivity index (χ1n) is 8.06. The summed E-state index contributed by atoms with van der Waals surface area (Å²) in [5.41, 5.74) is 0.166. The van der Waals surface area contributed by atoms with E-state index in [0.717, 1.165) is 18.7 Å². The first kappa shape index (κ1) is 16.9. The minimum absolute atomic E-state index is 0.0479. The van der Waals surface area contributed by atoms with Gasteiger partial charge in [-0.2, -0.15) is 0 Å². The molecule has 0 radical (unpaired) electrons. The molecule has 0 saturated carbocycles. The number of likely N-dealkylation sites (tertiary alicyclic amines) is 1. The number of nitrogens with zero attached hydrogens (tertiary/aromatic N) is 4. The van der Waals surface area contributed by atoms with Crippen LogP contribution in [0.25, 0.3) is 10.9 Å². The Morgan fingerprint density at radius 3 is 2.79 bits per heavy atom. The van der Waals surface area contributed by atoms with Crippen LogP contribution in [0.3, 0.4) is 0 Å². The second-order valence-electron chi connectivity index (χ2n) is 5.97. The van der Waals surface area contributed by atoms with Gasteiger partial charge in [-0.1, -0.05) is 11.8 Å². The molecule has 8 heteroatoms. The number of fused-ring (bicyclic) bond motifs is 1. The Morgan fingerprint density at radius 1 is 1.33 bits per heavy atom. The van der Waals surface area contributed by atoms with Crippen LogP contribution in [0.15, 0.2) is 28.2 Å². The monoisotopic (exact) mass is 348 g/mol. The lowest BCUT2D eigenvalue weighted by Crippen LogP contribution is -2.22. The van der Waals surface area contributed by atoms with Crippen LogP contribution in [-0.4, -0.2) is 44.8 Å². The molecule has 1 aromatic heterocycles. The van der Waals surface area contributed by atoms with Crippen molar-refractivity contribution in [3.05, 3.63) is 38.7 Å². The zero-order valence-corrected chi connectivity index (χ0v) is 14.4. The SMILES string of the molecule is Cn1c(SCCCN2CCCC2)nc2cc([N+](=O)[O-])ccc2c1=O. The van der Waals surface area contributed by atoms with Crippen molar-refractivity contribution in [3.8, 4) is 0 Å². The van der Waals surface area contributed by atoms with Gasteiger partial charge in [-0.05, 0) is 45.0 Å². The Hall–Kier alpha value is -1.93. The van der Waals surface area contributed by atoms with Crippen molar-refractivity contribution in [1.82, 2.24) is 14.5 Å². The molecule has 2 aromatic rings. The van der Waals surface area contributed by atoms with Crippen molar-refractivity contribution in [2.24, 2.45) is 7.05 Å². The van der Waals surface area contributed by atoms with Crippen LogP contribution in [0.4, 0.5) is 5.69 Å². The van der Waals surface area contributed by atoms with E-state index in [2.05, 4.69) is 9.88 Å². The molecule has 3 rings (SSSR count). The van der Waals surface area contributed by atoms with Gasteiger partial charge < -0.3 is 4.90 Å². The highest BCUT2D eigenvalue weighted by molar-refractivity contribution is 7.99. The minimum Gasteiger partial charge on any atom is -0.303 e. The Bertz CT molecular complexity index is 815. The van der Waals surface area contributed by atoms with E-state index in [1.54, 1.807) is 7.05 Å². The number of thioether (sulfide) groups is 1. The van der Waals surface area contributed by atoms with Gasteiger partial charge in [0.15, 0.2) is 5.16 Å². The Balaban J connectivity index is 1.75. The van der Waals surface area contributed by atoms with Gasteiger partial charge in [0.2, 0.25) is 0 Å². The third kappa shape index (κ3) is 3.59. The van der Waals surface area contributed by atoms with Crippen molar-refractivity contribution < 1.29 is 4.92 Å². The second-order valence-corrected chi connectivity index (χ2v) is 7.03. The second kappa shape index (κ2) is 7.31. The molecule has 0 spiro atoms. The number of non-ortho nitro benzene ring substituents is 1. The van der Waals surface area contributed by atoms with Gasteiger partial charge in [-0.3, -0.25) is 19.5 Å². The van der Waals surface area contributed by atoms with Crippen molar-refractivity contribution in [1.29, 1.82) is 0 Å². The Morgan fingerprint density at radius 2 is 2.08 bits per heavy atom. The number of hydrogen-bond donors (Lipinski definition) is 0. The van der Waals surface area contributed by atoms with Gasteiger partial charge in [0.1, 0.15) is 0 Å². The van der Waals surface area contributed by atoms with Crippen molar-refractivity contribution in [3.63, 3.8) is 0 Å². The van der Waals surface area contributed by atoms with Crippen LogP contribution >= 0.6 is 11.8 Å². The summed E-state index contributed by atoms with van der Waals surface area (Å²) in [6.07, 6.45) is 3.60. The van der Waals surface area contributed by atoms with E-state index in [4.69, 9.17) is 0 Å². The third-order valence-electron chi connectivity index (χ3n) is 4.28. The van der Waals surface area contributed by atoms with Crippen LogP contribution in [0.5, 0.6) is 0 Å². The van der Waals surface area contributed by atoms with Crippen LogP contribution in [0.1, 0.15) is 19.3 Å². The summed E-state index contributed by atoms with van der Waals surface area (Å²) < 4.78 is 1.52. The first-order valence-corrected chi connectivity index (χ1v) is 9.05. The lowest BCUT2D eigenvalue weighted by atomic mass is 10.2. The Labute approximate surface area is 143 Å². The summed E-state index contributed by atoms with van der Waals surface area (Å²) in [5, 5.41) is 11.9. The molecule has 1 aliphatic heterocycles. The molecule has 1 aromatic carbocycles. The third-order valence-corrected chi connectivity index (χ3v) is 5.39.